The molecule has 7 nitrogen and oxygen atoms in total. The average Bonchev–Trinajstić information content (AvgIpc) is 2.82. The molecule has 0 aliphatic carbocycles. The van der Waals surface area contributed by atoms with Gasteiger partial charge in [0.05, 0.1) is 15.9 Å². The SMILES string of the molecule is CCn1c(NNC(=O)COc2ccc(-c3ccccc3)cc2Cl)nc2ccccc2c1=O. The van der Waals surface area contributed by atoms with Crippen LogP contribution in [0.3, 0.4) is 0 Å². The monoisotopic (exact) mass is 448 g/mol. The zero-order valence-corrected chi connectivity index (χ0v) is 18.1. The van der Waals surface area contributed by atoms with Gasteiger partial charge in [-0.3, -0.25) is 25.0 Å². The zero-order valence-electron chi connectivity index (χ0n) is 17.3. The maximum absolute atomic E-state index is 12.6. The molecule has 0 aliphatic heterocycles. The van der Waals surface area contributed by atoms with E-state index in [4.69, 9.17) is 16.3 Å². The first-order valence-electron chi connectivity index (χ1n) is 10.1. The number of rotatable bonds is 7. The van der Waals surface area contributed by atoms with Crippen LogP contribution < -0.4 is 21.1 Å². The molecule has 0 spiro atoms. The van der Waals surface area contributed by atoms with Crippen LogP contribution >= 0.6 is 11.6 Å². The molecular formula is C24H21ClN4O3. The number of anilines is 1. The van der Waals surface area contributed by atoms with Crippen molar-refractivity contribution in [1.29, 1.82) is 0 Å². The van der Waals surface area contributed by atoms with E-state index in [1.165, 1.54) is 4.57 Å². The molecule has 1 aromatic heterocycles. The number of carbonyl (C=O) groups is 1. The molecule has 0 bridgehead atoms. The summed E-state index contributed by atoms with van der Waals surface area (Å²) in [4.78, 5) is 29.3. The molecule has 162 valence electrons. The Labute approximate surface area is 189 Å². The van der Waals surface area contributed by atoms with Crippen LogP contribution in [0.2, 0.25) is 5.02 Å². The highest BCUT2D eigenvalue weighted by molar-refractivity contribution is 6.32. The summed E-state index contributed by atoms with van der Waals surface area (Å²) >= 11 is 6.33. The predicted molar refractivity (Wildman–Crippen MR) is 126 cm³/mol. The molecule has 0 radical (unpaired) electrons. The van der Waals surface area contributed by atoms with E-state index < -0.39 is 5.91 Å². The van der Waals surface area contributed by atoms with Gasteiger partial charge in [-0.25, -0.2) is 4.98 Å². The van der Waals surface area contributed by atoms with Crippen LogP contribution in [0.5, 0.6) is 5.75 Å². The average molecular weight is 449 g/mol. The van der Waals surface area contributed by atoms with Gasteiger partial charge in [-0.2, -0.15) is 0 Å². The van der Waals surface area contributed by atoms with Crippen molar-refractivity contribution in [2.45, 2.75) is 13.5 Å². The number of fused-ring (bicyclic) bond motifs is 1. The summed E-state index contributed by atoms with van der Waals surface area (Å²) in [6, 6.07) is 22.3. The van der Waals surface area contributed by atoms with E-state index in [-0.39, 0.29) is 18.1 Å². The number of benzene rings is 3. The largest absolute Gasteiger partial charge is 0.482 e. The first-order chi connectivity index (χ1) is 15.6. The topological polar surface area (TPSA) is 85.2 Å². The normalized spacial score (nSPS) is 10.7. The van der Waals surface area contributed by atoms with E-state index in [2.05, 4.69) is 15.8 Å². The summed E-state index contributed by atoms with van der Waals surface area (Å²) in [7, 11) is 0. The van der Waals surface area contributed by atoms with Crippen molar-refractivity contribution in [2.24, 2.45) is 0 Å². The van der Waals surface area contributed by atoms with Gasteiger partial charge in [-0.1, -0.05) is 60.1 Å². The van der Waals surface area contributed by atoms with Gasteiger partial charge in [0.2, 0.25) is 5.95 Å². The molecule has 1 amide bonds. The molecule has 32 heavy (non-hydrogen) atoms. The van der Waals surface area contributed by atoms with Crippen molar-refractivity contribution in [3.05, 3.63) is 88.2 Å². The first kappa shape index (κ1) is 21.4. The van der Waals surface area contributed by atoms with Gasteiger partial charge >= 0.3 is 0 Å². The Balaban J connectivity index is 1.40. The van der Waals surface area contributed by atoms with Gasteiger partial charge in [0, 0.05) is 6.54 Å². The first-order valence-corrected chi connectivity index (χ1v) is 10.5. The Bertz CT molecular complexity index is 1320. The van der Waals surface area contributed by atoms with Crippen molar-refractivity contribution in [2.75, 3.05) is 12.0 Å². The minimum Gasteiger partial charge on any atom is -0.482 e. The van der Waals surface area contributed by atoms with Crippen LogP contribution in [0.4, 0.5) is 5.95 Å². The van der Waals surface area contributed by atoms with Gasteiger partial charge in [0.15, 0.2) is 6.61 Å². The lowest BCUT2D eigenvalue weighted by atomic mass is 10.1. The number of amides is 1. The second-order valence-corrected chi connectivity index (χ2v) is 7.38. The highest BCUT2D eigenvalue weighted by Crippen LogP contribution is 2.30. The second-order valence-electron chi connectivity index (χ2n) is 6.98. The quantitative estimate of drug-likeness (QED) is 0.413. The molecule has 2 N–H and O–H groups in total. The Morgan fingerprint density at radius 3 is 2.53 bits per heavy atom. The summed E-state index contributed by atoms with van der Waals surface area (Å²) in [6.45, 7) is 1.96. The molecular weight excluding hydrogens is 428 g/mol. The lowest BCUT2D eigenvalue weighted by Gasteiger charge is -2.14. The van der Waals surface area contributed by atoms with E-state index in [0.29, 0.717) is 28.2 Å². The Hall–Kier alpha value is -3.84. The predicted octanol–water partition coefficient (Wildman–Crippen LogP) is 4.26. The number of aromatic nitrogens is 2. The molecule has 4 aromatic rings. The number of ether oxygens (including phenoxy) is 1. The summed E-state index contributed by atoms with van der Waals surface area (Å²) < 4.78 is 7.00. The molecule has 1 heterocycles. The molecule has 8 heteroatoms. The van der Waals surface area contributed by atoms with E-state index >= 15 is 0 Å². The van der Waals surface area contributed by atoms with Crippen LogP contribution in [-0.2, 0) is 11.3 Å². The number of halogens is 1. The Morgan fingerprint density at radius 1 is 1.03 bits per heavy atom. The fourth-order valence-electron chi connectivity index (χ4n) is 3.29. The molecule has 0 fully saturated rings. The Morgan fingerprint density at radius 2 is 1.78 bits per heavy atom. The van der Waals surface area contributed by atoms with Crippen molar-refractivity contribution in [3.8, 4) is 16.9 Å². The van der Waals surface area contributed by atoms with Gasteiger partial charge in [-0.05, 0) is 42.3 Å². The summed E-state index contributed by atoms with van der Waals surface area (Å²) in [5, 5.41) is 0.922. The van der Waals surface area contributed by atoms with Crippen LogP contribution in [0.25, 0.3) is 22.0 Å². The molecule has 0 unspecified atom stereocenters. The number of nitrogens with one attached hydrogen (secondary N) is 2. The van der Waals surface area contributed by atoms with Gasteiger partial charge in [0.1, 0.15) is 5.75 Å². The maximum Gasteiger partial charge on any atom is 0.276 e. The van der Waals surface area contributed by atoms with Crippen LogP contribution in [-0.4, -0.2) is 22.1 Å². The zero-order chi connectivity index (χ0) is 22.5. The fourth-order valence-corrected chi connectivity index (χ4v) is 3.52. The van der Waals surface area contributed by atoms with Gasteiger partial charge in [-0.15, -0.1) is 0 Å². The third kappa shape index (κ3) is 4.58. The maximum atomic E-state index is 12.6. The van der Waals surface area contributed by atoms with Crippen LogP contribution in [0.15, 0.2) is 77.6 Å². The van der Waals surface area contributed by atoms with Crippen molar-refractivity contribution >= 4 is 34.4 Å². The lowest BCUT2D eigenvalue weighted by molar-refractivity contribution is -0.122. The van der Waals surface area contributed by atoms with E-state index in [0.717, 1.165) is 11.1 Å². The number of hydrogen-bond donors (Lipinski definition) is 2. The minimum absolute atomic E-state index is 0.184. The highest BCUT2D eigenvalue weighted by Gasteiger charge is 2.12. The molecule has 0 atom stereocenters. The van der Waals surface area contributed by atoms with E-state index in [1.807, 2.05) is 43.3 Å². The number of para-hydroxylation sites is 1. The number of nitrogens with zero attached hydrogens (tertiary/aromatic N) is 2. The molecule has 0 saturated heterocycles. The molecule has 0 saturated carbocycles. The number of carbonyl (C=O) groups excluding carboxylic acids is 1. The van der Waals surface area contributed by atoms with Gasteiger partial charge < -0.3 is 4.74 Å². The second kappa shape index (κ2) is 9.53. The third-order valence-corrected chi connectivity index (χ3v) is 5.18. The van der Waals surface area contributed by atoms with E-state index in [9.17, 15) is 9.59 Å². The van der Waals surface area contributed by atoms with Crippen LogP contribution in [0, 0.1) is 0 Å². The van der Waals surface area contributed by atoms with Crippen molar-refractivity contribution in [1.82, 2.24) is 15.0 Å². The summed E-state index contributed by atoms with van der Waals surface area (Å²) in [6.07, 6.45) is 0. The summed E-state index contributed by atoms with van der Waals surface area (Å²) in [5.74, 6) is 0.198. The van der Waals surface area contributed by atoms with Gasteiger partial charge in [0.25, 0.3) is 11.5 Å². The fraction of sp³-hybridized carbons (Fsp3) is 0.125. The van der Waals surface area contributed by atoms with Crippen molar-refractivity contribution < 1.29 is 9.53 Å². The minimum atomic E-state index is -0.446. The molecule has 4 rings (SSSR count). The van der Waals surface area contributed by atoms with E-state index in [1.54, 1.807) is 36.4 Å². The Kier molecular flexibility index (Phi) is 6.37. The molecule has 0 aliphatic rings. The number of hydrogen-bond acceptors (Lipinski definition) is 5. The summed E-state index contributed by atoms with van der Waals surface area (Å²) in [5.41, 5.74) is 7.58. The standard InChI is InChI=1S/C24H21ClN4O3/c1-2-29-23(31)18-10-6-7-11-20(18)26-24(29)28-27-22(30)15-32-21-13-12-17(14-19(21)25)16-8-4-3-5-9-16/h3-14H,2,15H2,1H3,(H,26,28)(H,27,30). The van der Waals surface area contributed by atoms with Crippen molar-refractivity contribution in [3.63, 3.8) is 0 Å². The van der Waals surface area contributed by atoms with Crippen LogP contribution in [0.1, 0.15) is 6.92 Å². The lowest BCUT2D eigenvalue weighted by Crippen LogP contribution is -2.37. The number of hydrazine groups is 1. The third-order valence-electron chi connectivity index (χ3n) is 4.89. The molecule has 3 aromatic carbocycles. The highest BCUT2D eigenvalue weighted by atomic mass is 35.5. The smallest absolute Gasteiger partial charge is 0.276 e.